The van der Waals surface area contributed by atoms with Gasteiger partial charge in [-0.15, -0.1) is 22.7 Å². The number of nitrogens with zero attached hydrogens (tertiary/aromatic N) is 3. The van der Waals surface area contributed by atoms with Crippen molar-refractivity contribution in [2.24, 2.45) is 0 Å². The highest BCUT2D eigenvalue weighted by molar-refractivity contribution is 7.18. The number of hydrogen-bond acceptors (Lipinski definition) is 7. The fourth-order valence-corrected chi connectivity index (χ4v) is 5.13. The summed E-state index contributed by atoms with van der Waals surface area (Å²) >= 11 is 3.18. The number of benzene rings is 1. The van der Waals surface area contributed by atoms with Gasteiger partial charge in [-0.1, -0.05) is 35.9 Å². The van der Waals surface area contributed by atoms with Gasteiger partial charge in [0.2, 0.25) is 0 Å². The van der Waals surface area contributed by atoms with E-state index in [1.54, 1.807) is 34.6 Å². The van der Waals surface area contributed by atoms with Gasteiger partial charge in [0.1, 0.15) is 16.3 Å². The van der Waals surface area contributed by atoms with E-state index < -0.39 is 11.8 Å². The number of nitrogens with one attached hydrogen (secondary N) is 1. The summed E-state index contributed by atoms with van der Waals surface area (Å²) in [5.74, 6) is 0.319. The molecule has 0 fully saturated rings. The lowest BCUT2D eigenvalue weighted by atomic mass is 10.1. The molecule has 2 amide bonds. The van der Waals surface area contributed by atoms with Crippen molar-refractivity contribution >= 4 is 50.5 Å². The van der Waals surface area contributed by atoms with Gasteiger partial charge in [-0.25, -0.2) is 9.97 Å². The van der Waals surface area contributed by atoms with E-state index in [1.165, 1.54) is 6.08 Å². The molecular weight excluding hydrogens is 416 g/mol. The SMILES string of the molecule is Cc1ccc(-c2nc(N(C)C3=CC(=O)NC3=O)c3c(-c4cccs4)csc3n2)cc1. The van der Waals surface area contributed by atoms with Crippen molar-refractivity contribution in [1.82, 2.24) is 15.3 Å². The summed E-state index contributed by atoms with van der Waals surface area (Å²) in [7, 11) is 1.75. The molecule has 0 bridgehead atoms. The molecular formula is C22H16N4O2S2. The molecule has 0 aliphatic carbocycles. The van der Waals surface area contributed by atoms with Crippen LogP contribution < -0.4 is 10.2 Å². The summed E-state index contributed by atoms with van der Waals surface area (Å²) in [6.07, 6.45) is 1.30. The maximum absolute atomic E-state index is 12.3. The van der Waals surface area contributed by atoms with E-state index in [9.17, 15) is 9.59 Å². The molecule has 0 saturated heterocycles. The lowest BCUT2D eigenvalue weighted by Crippen LogP contribution is -2.29. The van der Waals surface area contributed by atoms with Crippen molar-refractivity contribution in [3.05, 3.63) is 64.5 Å². The summed E-state index contributed by atoms with van der Waals surface area (Å²) in [6, 6.07) is 12.1. The van der Waals surface area contributed by atoms with E-state index in [0.717, 1.165) is 31.8 Å². The van der Waals surface area contributed by atoms with Crippen LogP contribution in [0.5, 0.6) is 0 Å². The molecule has 0 radical (unpaired) electrons. The highest BCUT2D eigenvalue weighted by Gasteiger charge is 2.28. The van der Waals surface area contributed by atoms with Crippen LogP contribution in [0.4, 0.5) is 5.82 Å². The maximum atomic E-state index is 12.3. The Morgan fingerprint density at radius 2 is 1.83 bits per heavy atom. The molecule has 0 unspecified atom stereocenters. The van der Waals surface area contributed by atoms with E-state index in [-0.39, 0.29) is 5.70 Å². The number of hydrogen-bond donors (Lipinski definition) is 1. The molecule has 6 nitrogen and oxygen atoms in total. The van der Waals surface area contributed by atoms with Crippen molar-refractivity contribution in [2.75, 3.05) is 11.9 Å². The van der Waals surface area contributed by atoms with Gasteiger partial charge in [0.15, 0.2) is 5.82 Å². The van der Waals surface area contributed by atoms with Gasteiger partial charge in [-0.2, -0.15) is 0 Å². The molecule has 8 heteroatoms. The second-order valence-electron chi connectivity index (χ2n) is 6.95. The third kappa shape index (κ3) is 3.10. The molecule has 0 saturated carbocycles. The second kappa shape index (κ2) is 7.16. The van der Waals surface area contributed by atoms with Crippen molar-refractivity contribution in [1.29, 1.82) is 0 Å². The van der Waals surface area contributed by atoms with Gasteiger partial charge < -0.3 is 4.90 Å². The van der Waals surface area contributed by atoms with Gasteiger partial charge in [-0.3, -0.25) is 14.9 Å². The van der Waals surface area contributed by atoms with Crippen LogP contribution in [0, 0.1) is 6.92 Å². The first-order valence-electron chi connectivity index (χ1n) is 9.22. The second-order valence-corrected chi connectivity index (χ2v) is 8.76. The Balaban J connectivity index is 1.75. The number of fused-ring (bicyclic) bond motifs is 1. The first-order valence-corrected chi connectivity index (χ1v) is 11.0. The topological polar surface area (TPSA) is 75.2 Å². The molecule has 30 heavy (non-hydrogen) atoms. The third-order valence-corrected chi connectivity index (χ3v) is 6.70. The highest BCUT2D eigenvalue weighted by atomic mass is 32.1. The number of rotatable bonds is 4. The van der Waals surface area contributed by atoms with E-state index in [1.807, 2.05) is 42.6 Å². The zero-order chi connectivity index (χ0) is 20.8. The fraction of sp³-hybridized carbons (Fsp3) is 0.0909. The number of anilines is 1. The highest BCUT2D eigenvalue weighted by Crippen LogP contribution is 2.41. The monoisotopic (exact) mass is 432 g/mol. The molecule has 0 atom stereocenters. The van der Waals surface area contributed by atoms with E-state index in [2.05, 4.69) is 16.8 Å². The van der Waals surface area contributed by atoms with Crippen molar-refractivity contribution in [2.45, 2.75) is 6.92 Å². The lowest BCUT2D eigenvalue weighted by Gasteiger charge is -2.20. The first kappa shape index (κ1) is 18.7. The van der Waals surface area contributed by atoms with Gasteiger partial charge in [-0.05, 0) is 18.4 Å². The number of thiophene rings is 2. The zero-order valence-corrected chi connectivity index (χ0v) is 17.8. The predicted molar refractivity (Wildman–Crippen MR) is 121 cm³/mol. The Morgan fingerprint density at radius 1 is 1.03 bits per heavy atom. The number of imide groups is 1. The minimum atomic E-state index is -0.431. The Kier molecular flexibility index (Phi) is 4.45. The number of aromatic nitrogens is 2. The van der Waals surface area contributed by atoms with Crippen LogP contribution in [0.25, 0.3) is 32.0 Å². The first-order chi connectivity index (χ1) is 14.5. The molecule has 3 aromatic heterocycles. The molecule has 1 aliphatic heterocycles. The van der Waals surface area contributed by atoms with Crippen molar-refractivity contribution in [3.8, 4) is 21.8 Å². The summed E-state index contributed by atoms with van der Waals surface area (Å²) in [5.41, 5.74) is 3.33. The van der Waals surface area contributed by atoms with E-state index >= 15 is 0 Å². The van der Waals surface area contributed by atoms with Gasteiger partial charge >= 0.3 is 0 Å². The fourth-order valence-electron chi connectivity index (χ4n) is 3.38. The number of likely N-dealkylation sites (N-methyl/N-ethyl adjacent to an activating group) is 1. The number of carbonyl (C=O) groups excluding carboxylic acids is 2. The Morgan fingerprint density at radius 3 is 2.50 bits per heavy atom. The Bertz CT molecular complexity index is 1320. The van der Waals surface area contributed by atoms with Crippen LogP contribution in [0.15, 0.2) is 58.9 Å². The van der Waals surface area contributed by atoms with Gasteiger partial charge in [0.05, 0.1) is 5.39 Å². The van der Waals surface area contributed by atoms with Crippen LogP contribution in [0.2, 0.25) is 0 Å². The van der Waals surface area contributed by atoms with Crippen LogP contribution >= 0.6 is 22.7 Å². The predicted octanol–water partition coefficient (Wildman–Crippen LogP) is 4.37. The minimum Gasteiger partial charge on any atom is -0.324 e. The molecule has 1 aliphatic rings. The maximum Gasteiger partial charge on any atom is 0.274 e. The Labute approximate surface area is 180 Å². The van der Waals surface area contributed by atoms with Crippen molar-refractivity contribution < 1.29 is 9.59 Å². The average molecular weight is 433 g/mol. The summed E-state index contributed by atoms with van der Waals surface area (Å²) in [5, 5.41) is 7.26. The molecule has 0 spiro atoms. The van der Waals surface area contributed by atoms with Crippen LogP contribution in [-0.4, -0.2) is 28.8 Å². The van der Waals surface area contributed by atoms with Crippen LogP contribution in [-0.2, 0) is 9.59 Å². The summed E-state index contributed by atoms with van der Waals surface area (Å²) < 4.78 is 0. The quantitative estimate of drug-likeness (QED) is 0.485. The normalized spacial score (nSPS) is 13.6. The molecule has 1 aromatic carbocycles. The molecule has 5 rings (SSSR count). The zero-order valence-electron chi connectivity index (χ0n) is 16.2. The minimum absolute atomic E-state index is 0.262. The van der Waals surface area contributed by atoms with Gasteiger partial charge in [0.25, 0.3) is 11.8 Å². The smallest absolute Gasteiger partial charge is 0.274 e. The van der Waals surface area contributed by atoms with Gasteiger partial charge in [0, 0.05) is 34.5 Å². The summed E-state index contributed by atoms with van der Waals surface area (Å²) in [6.45, 7) is 2.03. The lowest BCUT2D eigenvalue weighted by molar-refractivity contribution is -0.123. The number of carbonyl (C=O) groups is 2. The van der Waals surface area contributed by atoms with E-state index in [4.69, 9.17) is 9.97 Å². The standard InChI is InChI=1S/C22H16N4O2S2/c1-12-5-7-13(8-6-12)19-24-20(26(2)15-10-17(27)23-21(15)28)18-14(11-30-22(18)25-19)16-4-3-9-29-16/h3-11H,1-2H3,(H,23,27,28). The molecule has 148 valence electrons. The van der Waals surface area contributed by atoms with Crippen molar-refractivity contribution in [3.63, 3.8) is 0 Å². The molecule has 4 aromatic rings. The van der Waals surface area contributed by atoms with E-state index in [0.29, 0.717) is 11.6 Å². The average Bonchev–Trinajstić information content (AvgIpc) is 3.46. The third-order valence-electron chi connectivity index (χ3n) is 4.93. The van der Waals surface area contributed by atoms with Crippen LogP contribution in [0.1, 0.15) is 5.56 Å². The largest absolute Gasteiger partial charge is 0.324 e. The molecule has 4 heterocycles. The summed E-state index contributed by atoms with van der Waals surface area (Å²) in [4.78, 5) is 37.3. The number of aryl methyl sites for hydroxylation is 1. The van der Waals surface area contributed by atoms with Crippen LogP contribution in [0.3, 0.4) is 0 Å². The molecule has 1 N–H and O–H groups in total. The number of amides is 2. The Hall–Kier alpha value is -3.36.